The van der Waals surface area contributed by atoms with Gasteiger partial charge in [0, 0.05) is 12.6 Å². The second kappa shape index (κ2) is 8.65. The molecule has 2 nitrogen and oxygen atoms in total. The summed E-state index contributed by atoms with van der Waals surface area (Å²) in [6.45, 7) is 12.3. The SMILES string of the molecule is [CH2]CCCCCOC1CC[C@@]2(C)C(=CC[C@H]3[C@@H]4CC[C@H](C(C)N)[C@@]4(C)CC[C@@H]32)C1. The quantitative estimate of drug-likeness (QED) is 0.381. The number of hydrogen-bond donors (Lipinski definition) is 1. The van der Waals surface area contributed by atoms with Gasteiger partial charge >= 0.3 is 0 Å². The molecule has 0 saturated heterocycles. The highest BCUT2D eigenvalue weighted by molar-refractivity contribution is 5.25. The zero-order chi connectivity index (χ0) is 20.6. The normalized spacial score (nSPS) is 45.1. The van der Waals surface area contributed by atoms with Gasteiger partial charge in [-0.3, -0.25) is 0 Å². The summed E-state index contributed by atoms with van der Waals surface area (Å²) in [7, 11) is 0. The van der Waals surface area contributed by atoms with Gasteiger partial charge in [0.05, 0.1) is 6.10 Å². The topological polar surface area (TPSA) is 35.2 Å². The molecule has 4 aliphatic rings. The molecule has 4 rings (SSSR count). The molecule has 0 amide bonds. The van der Waals surface area contributed by atoms with E-state index in [1.165, 1.54) is 70.6 Å². The fourth-order valence-corrected chi connectivity index (χ4v) is 8.38. The summed E-state index contributed by atoms with van der Waals surface area (Å²) in [5.41, 5.74) is 9.12. The average molecular weight is 401 g/mol. The molecule has 2 heteroatoms. The molecule has 8 atom stereocenters. The summed E-state index contributed by atoms with van der Waals surface area (Å²) in [6.07, 6.45) is 18.6. The largest absolute Gasteiger partial charge is 0.378 e. The first-order valence-corrected chi connectivity index (χ1v) is 12.8. The lowest BCUT2D eigenvalue weighted by molar-refractivity contribution is -0.0598. The fourth-order valence-electron chi connectivity index (χ4n) is 8.38. The number of unbranched alkanes of at least 4 members (excludes halogenated alkanes) is 3. The van der Waals surface area contributed by atoms with Gasteiger partial charge < -0.3 is 10.5 Å². The van der Waals surface area contributed by atoms with Crippen LogP contribution in [-0.4, -0.2) is 18.8 Å². The zero-order valence-corrected chi connectivity index (χ0v) is 19.4. The summed E-state index contributed by atoms with van der Waals surface area (Å²) in [5, 5.41) is 0. The van der Waals surface area contributed by atoms with Crippen LogP contribution in [0.25, 0.3) is 0 Å². The van der Waals surface area contributed by atoms with Crippen molar-refractivity contribution in [3.8, 4) is 0 Å². The maximum absolute atomic E-state index is 6.44. The highest BCUT2D eigenvalue weighted by atomic mass is 16.5. The molecular weight excluding hydrogens is 354 g/mol. The Morgan fingerprint density at radius 3 is 2.69 bits per heavy atom. The Labute approximate surface area is 180 Å². The van der Waals surface area contributed by atoms with E-state index < -0.39 is 0 Å². The van der Waals surface area contributed by atoms with E-state index in [1.807, 2.05) is 0 Å². The molecule has 0 spiro atoms. The first-order valence-electron chi connectivity index (χ1n) is 12.8. The van der Waals surface area contributed by atoms with Gasteiger partial charge in [-0.05, 0) is 99.2 Å². The van der Waals surface area contributed by atoms with Crippen molar-refractivity contribution in [2.24, 2.45) is 40.2 Å². The molecule has 29 heavy (non-hydrogen) atoms. The van der Waals surface area contributed by atoms with E-state index in [0.717, 1.165) is 36.7 Å². The van der Waals surface area contributed by atoms with Crippen LogP contribution < -0.4 is 5.73 Å². The maximum Gasteiger partial charge on any atom is 0.0612 e. The van der Waals surface area contributed by atoms with Crippen LogP contribution in [0.2, 0.25) is 0 Å². The predicted molar refractivity (Wildman–Crippen MR) is 122 cm³/mol. The van der Waals surface area contributed by atoms with Gasteiger partial charge in [0.15, 0.2) is 0 Å². The molecule has 3 saturated carbocycles. The Morgan fingerprint density at radius 1 is 1.10 bits per heavy atom. The van der Waals surface area contributed by atoms with Crippen LogP contribution in [-0.2, 0) is 4.74 Å². The maximum atomic E-state index is 6.44. The Morgan fingerprint density at radius 2 is 1.93 bits per heavy atom. The monoisotopic (exact) mass is 400 g/mol. The summed E-state index contributed by atoms with van der Waals surface area (Å²) in [4.78, 5) is 0. The summed E-state index contributed by atoms with van der Waals surface area (Å²) in [6, 6.07) is 0.355. The molecule has 2 unspecified atom stereocenters. The summed E-state index contributed by atoms with van der Waals surface area (Å²) >= 11 is 0. The number of ether oxygens (including phenoxy) is 1. The standard InChI is InChI=1S/C27H46NO/c1-5-6-7-8-17-29-21-13-15-26(3)20(18-21)9-10-22-24-12-11-23(19(2)28)27(24,4)16-14-25(22)26/h9,19,21-25H,1,5-8,10-18,28H2,2-4H3/t19?,21?,22-,23+,24-,25-,26-,27+/m0/s1. The highest BCUT2D eigenvalue weighted by Gasteiger charge is 2.58. The first-order chi connectivity index (χ1) is 13.9. The summed E-state index contributed by atoms with van der Waals surface area (Å²) in [5.74, 6) is 3.42. The van der Waals surface area contributed by atoms with Crippen molar-refractivity contribution < 1.29 is 4.74 Å². The van der Waals surface area contributed by atoms with Gasteiger partial charge in [-0.25, -0.2) is 0 Å². The second-order valence-electron chi connectivity index (χ2n) is 11.5. The fraction of sp³-hybridized carbons (Fsp3) is 0.889. The van der Waals surface area contributed by atoms with Crippen molar-refractivity contribution in [2.45, 2.75) is 110 Å². The van der Waals surface area contributed by atoms with Crippen molar-refractivity contribution >= 4 is 0 Å². The van der Waals surface area contributed by atoms with Crippen molar-refractivity contribution in [1.82, 2.24) is 0 Å². The minimum atomic E-state index is 0.355. The van der Waals surface area contributed by atoms with Crippen LogP contribution in [0.4, 0.5) is 0 Å². The third kappa shape index (κ3) is 3.86. The number of hydrogen-bond acceptors (Lipinski definition) is 2. The number of nitrogens with two attached hydrogens (primary N) is 1. The van der Waals surface area contributed by atoms with E-state index in [9.17, 15) is 0 Å². The molecule has 165 valence electrons. The molecule has 3 fully saturated rings. The minimum Gasteiger partial charge on any atom is -0.378 e. The van der Waals surface area contributed by atoms with E-state index in [2.05, 4.69) is 33.8 Å². The van der Waals surface area contributed by atoms with E-state index in [0.29, 0.717) is 23.0 Å². The number of rotatable bonds is 7. The van der Waals surface area contributed by atoms with Gasteiger partial charge in [0.2, 0.25) is 0 Å². The molecule has 4 aliphatic carbocycles. The lowest BCUT2D eigenvalue weighted by Crippen LogP contribution is -2.51. The molecule has 1 radical (unpaired) electrons. The van der Waals surface area contributed by atoms with E-state index >= 15 is 0 Å². The highest BCUT2D eigenvalue weighted by Crippen LogP contribution is 2.66. The predicted octanol–water partition coefficient (Wildman–Crippen LogP) is 6.69. The lowest BCUT2D eigenvalue weighted by atomic mass is 9.47. The van der Waals surface area contributed by atoms with Crippen LogP contribution in [0.15, 0.2) is 11.6 Å². The van der Waals surface area contributed by atoms with Crippen LogP contribution >= 0.6 is 0 Å². The molecule has 0 aliphatic heterocycles. The van der Waals surface area contributed by atoms with Crippen molar-refractivity contribution in [3.05, 3.63) is 18.6 Å². The van der Waals surface area contributed by atoms with Gasteiger partial charge in [-0.1, -0.05) is 51.7 Å². The van der Waals surface area contributed by atoms with Gasteiger partial charge in [0.1, 0.15) is 0 Å². The lowest BCUT2D eigenvalue weighted by Gasteiger charge is -2.58. The third-order valence-corrected chi connectivity index (χ3v) is 10.0. The molecule has 2 N–H and O–H groups in total. The third-order valence-electron chi connectivity index (χ3n) is 10.0. The van der Waals surface area contributed by atoms with Gasteiger partial charge in [-0.2, -0.15) is 0 Å². The Hall–Kier alpha value is -0.340. The molecular formula is C27H46NO. The van der Waals surface area contributed by atoms with Crippen LogP contribution in [0.5, 0.6) is 0 Å². The molecule has 0 aromatic carbocycles. The van der Waals surface area contributed by atoms with Crippen molar-refractivity contribution in [3.63, 3.8) is 0 Å². The van der Waals surface area contributed by atoms with E-state index in [-0.39, 0.29) is 0 Å². The van der Waals surface area contributed by atoms with Crippen LogP contribution in [0.3, 0.4) is 0 Å². The Kier molecular flexibility index (Phi) is 6.53. The van der Waals surface area contributed by atoms with E-state index in [1.54, 1.807) is 5.57 Å². The minimum absolute atomic E-state index is 0.355. The summed E-state index contributed by atoms with van der Waals surface area (Å²) < 4.78 is 6.31. The second-order valence-corrected chi connectivity index (χ2v) is 11.5. The molecule has 0 bridgehead atoms. The number of fused-ring (bicyclic) bond motifs is 5. The van der Waals surface area contributed by atoms with Crippen LogP contribution in [0, 0.1) is 41.4 Å². The zero-order valence-electron chi connectivity index (χ0n) is 19.4. The van der Waals surface area contributed by atoms with Crippen LogP contribution in [0.1, 0.15) is 97.8 Å². The van der Waals surface area contributed by atoms with Gasteiger partial charge in [-0.15, -0.1) is 0 Å². The Balaban J connectivity index is 1.42. The molecule has 0 heterocycles. The van der Waals surface area contributed by atoms with Crippen molar-refractivity contribution in [2.75, 3.05) is 6.61 Å². The first kappa shape index (κ1) is 21.9. The molecule has 0 aromatic heterocycles. The van der Waals surface area contributed by atoms with Gasteiger partial charge in [0.25, 0.3) is 0 Å². The smallest absolute Gasteiger partial charge is 0.0612 e. The van der Waals surface area contributed by atoms with Crippen molar-refractivity contribution in [1.29, 1.82) is 0 Å². The Bertz CT molecular complexity index is 597. The molecule has 0 aromatic rings. The number of allylic oxidation sites excluding steroid dienone is 1. The van der Waals surface area contributed by atoms with E-state index in [4.69, 9.17) is 10.5 Å². The average Bonchev–Trinajstić information content (AvgIpc) is 3.05.